The van der Waals surface area contributed by atoms with Crippen molar-refractivity contribution in [1.29, 1.82) is 0 Å². The van der Waals surface area contributed by atoms with Crippen LogP contribution in [0.4, 0.5) is 11.4 Å². The maximum Gasteiger partial charge on any atom is 0.312 e. The van der Waals surface area contributed by atoms with Crippen LogP contribution >= 0.6 is 11.6 Å². The number of carbonyl (C=O) groups is 1. The number of methoxy groups -OCH3 is 1. The highest BCUT2D eigenvalue weighted by Crippen LogP contribution is 2.44. The zero-order chi connectivity index (χ0) is 24.8. The number of halogens is 1. The Morgan fingerprint density at radius 1 is 1.19 bits per heavy atom. The van der Waals surface area contributed by atoms with Gasteiger partial charge in [-0.05, 0) is 24.6 Å². The third-order valence-corrected chi connectivity index (χ3v) is 6.64. The second-order valence-corrected chi connectivity index (χ2v) is 8.87. The van der Waals surface area contributed by atoms with Crippen molar-refractivity contribution in [3.63, 3.8) is 0 Å². The molecule has 4 N–H and O–H groups in total. The molecule has 2 aliphatic heterocycles. The number of hydrogen-bond donors (Lipinski definition) is 4. The maximum absolute atomic E-state index is 13.2. The van der Waals surface area contributed by atoms with E-state index in [-0.39, 0.29) is 24.3 Å². The first-order valence-corrected chi connectivity index (χ1v) is 11.7. The van der Waals surface area contributed by atoms with Crippen molar-refractivity contribution < 1.29 is 14.3 Å². The van der Waals surface area contributed by atoms with Crippen molar-refractivity contribution in [3.05, 3.63) is 69.2 Å². The van der Waals surface area contributed by atoms with Gasteiger partial charge in [-0.2, -0.15) is 0 Å². The van der Waals surface area contributed by atoms with Crippen molar-refractivity contribution >= 4 is 40.0 Å². The van der Waals surface area contributed by atoms with E-state index in [1.807, 2.05) is 18.2 Å². The lowest BCUT2D eigenvalue weighted by atomic mass is 9.93. The highest BCUT2D eigenvalue weighted by Gasteiger charge is 2.33. The normalized spacial score (nSPS) is 17.4. The predicted molar refractivity (Wildman–Crippen MR) is 136 cm³/mol. The van der Waals surface area contributed by atoms with Gasteiger partial charge in [0, 0.05) is 29.9 Å². The number of ether oxygens (including phenoxy) is 2. The summed E-state index contributed by atoms with van der Waals surface area (Å²) in [4.78, 5) is 40.8. The zero-order valence-electron chi connectivity index (χ0n) is 19.1. The summed E-state index contributed by atoms with van der Waals surface area (Å²) >= 11 is 6.37. The van der Waals surface area contributed by atoms with Crippen LogP contribution in [0.1, 0.15) is 28.4 Å². The lowest BCUT2D eigenvalue weighted by Crippen LogP contribution is -2.34. The molecule has 6 rings (SSSR count). The Labute approximate surface area is 209 Å². The van der Waals surface area contributed by atoms with Gasteiger partial charge >= 0.3 is 5.56 Å². The summed E-state index contributed by atoms with van der Waals surface area (Å²) in [5.74, 6) is 0.190. The molecule has 182 valence electrons. The van der Waals surface area contributed by atoms with E-state index in [1.165, 1.54) is 7.11 Å². The van der Waals surface area contributed by atoms with Gasteiger partial charge in [-0.15, -0.1) is 0 Å². The number of allylic oxidation sites excluding steroid dienone is 1. The van der Waals surface area contributed by atoms with Crippen molar-refractivity contribution in [2.45, 2.75) is 12.3 Å². The Morgan fingerprint density at radius 2 is 2.08 bits per heavy atom. The second-order valence-electron chi connectivity index (χ2n) is 8.46. The highest BCUT2D eigenvalue weighted by atomic mass is 35.5. The van der Waals surface area contributed by atoms with E-state index in [4.69, 9.17) is 21.1 Å². The summed E-state index contributed by atoms with van der Waals surface area (Å²) in [6.45, 7) is 0.673. The van der Waals surface area contributed by atoms with Gasteiger partial charge in [-0.1, -0.05) is 29.8 Å². The van der Waals surface area contributed by atoms with Gasteiger partial charge in [0.15, 0.2) is 11.4 Å². The van der Waals surface area contributed by atoms with Crippen LogP contribution in [0.15, 0.2) is 47.4 Å². The lowest BCUT2D eigenvalue weighted by Gasteiger charge is -2.23. The zero-order valence-corrected chi connectivity index (χ0v) is 19.9. The second kappa shape index (κ2) is 8.72. The minimum atomic E-state index is -0.469. The fourth-order valence-corrected chi connectivity index (χ4v) is 4.92. The first-order valence-electron chi connectivity index (χ1n) is 11.4. The number of nitrogens with one attached hydrogen (secondary N) is 4. The van der Waals surface area contributed by atoms with Crippen LogP contribution in [0.3, 0.4) is 0 Å². The molecule has 0 saturated carbocycles. The number of rotatable bonds is 3. The molecule has 0 spiro atoms. The van der Waals surface area contributed by atoms with E-state index in [0.717, 1.165) is 5.69 Å². The average Bonchev–Trinajstić information content (AvgIpc) is 3.25. The third kappa shape index (κ3) is 3.57. The minimum absolute atomic E-state index is 0.000270. The smallest absolute Gasteiger partial charge is 0.312 e. The van der Waals surface area contributed by atoms with Crippen LogP contribution in [0.25, 0.3) is 22.4 Å². The molecule has 4 bridgehead atoms. The molecule has 0 fully saturated rings. The predicted octanol–water partition coefficient (Wildman–Crippen LogP) is 3.88. The van der Waals surface area contributed by atoms with Gasteiger partial charge in [0.25, 0.3) is 11.8 Å². The van der Waals surface area contributed by atoms with Crippen LogP contribution in [0, 0.1) is 0 Å². The van der Waals surface area contributed by atoms with Gasteiger partial charge in [0.1, 0.15) is 12.1 Å². The molecule has 1 atom stereocenters. The molecule has 2 aliphatic rings. The van der Waals surface area contributed by atoms with Gasteiger partial charge < -0.3 is 30.1 Å². The Morgan fingerprint density at radius 3 is 2.94 bits per heavy atom. The molecular weight excluding hydrogens is 484 g/mol. The highest BCUT2D eigenvalue weighted by molar-refractivity contribution is 6.32. The number of nitrogens with zero attached hydrogens (tertiary/aromatic N) is 2. The van der Waals surface area contributed by atoms with Crippen LogP contribution in [0.5, 0.6) is 11.6 Å². The number of fused-ring (bicyclic) bond motifs is 3. The summed E-state index contributed by atoms with van der Waals surface area (Å²) < 4.78 is 11.2. The Hall–Kier alpha value is -4.31. The van der Waals surface area contributed by atoms with E-state index in [0.29, 0.717) is 63.1 Å². The number of pyridine rings is 1. The van der Waals surface area contributed by atoms with Crippen molar-refractivity contribution in [3.8, 4) is 22.9 Å². The summed E-state index contributed by atoms with van der Waals surface area (Å²) in [6, 6.07) is 7.12. The van der Waals surface area contributed by atoms with Crippen LogP contribution in [0.2, 0.25) is 5.02 Å². The third-order valence-electron chi connectivity index (χ3n) is 6.34. The largest absolute Gasteiger partial charge is 0.493 e. The number of aromatic nitrogens is 4. The molecule has 5 heterocycles. The number of H-pyrrole nitrogens is 2. The first-order chi connectivity index (χ1) is 17.5. The Bertz CT molecular complexity index is 1610. The van der Waals surface area contributed by atoms with Crippen molar-refractivity contribution in [2.24, 2.45) is 0 Å². The average molecular weight is 505 g/mol. The van der Waals surface area contributed by atoms with Gasteiger partial charge in [0.2, 0.25) is 0 Å². The molecule has 4 aromatic rings. The Kier molecular flexibility index (Phi) is 5.37. The summed E-state index contributed by atoms with van der Waals surface area (Å²) in [7, 11) is 1.53. The molecule has 1 aromatic carbocycles. The number of amides is 1. The summed E-state index contributed by atoms with van der Waals surface area (Å²) in [5.41, 5.74) is 3.94. The SMILES string of the molecule is COc1c(Cl)cccc1Nc1c2[nH]c3c1C(=O)NC[C@H]3C/C=C\COc1nc3c-2ccnc3[nH]c1=O. The Balaban J connectivity index is 1.66. The van der Waals surface area contributed by atoms with Gasteiger partial charge in [0.05, 0.1) is 34.8 Å². The number of hydrogen-bond acceptors (Lipinski definition) is 7. The number of anilines is 2. The fourth-order valence-electron chi connectivity index (χ4n) is 4.67. The summed E-state index contributed by atoms with van der Waals surface area (Å²) in [6.07, 6.45) is 6.04. The van der Waals surface area contributed by atoms with E-state index >= 15 is 0 Å². The van der Waals surface area contributed by atoms with Crippen LogP contribution in [-0.4, -0.2) is 46.1 Å². The van der Waals surface area contributed by atoms with Gasteiger partial charge in [-0.25, -0.2) is 9.97 Å². The molecule has 0 radical (unpaired) electrons. The van der Waals surface area contributed by atoms with E-state index in [1.54, 1.807) is 24.4 Å². The molecule has 11 heteroatoms. The maximum atomic E-state index is 13.2. The number of para-hydroxylation sites is 1. The molecule has 3 aromatic heterocycles. The fraction of sp³-hybridized carbons (Fsp3) is 0.200. The number of benzene rings is 1. The van der Waals surface area contributed by atoms with Gasteiger partial charge in [-0.3, -0.25) is 9.59 Å². The lowest BCUT2D eigenvalue weighted by molar-refractivity contribution is 0.0941. The standard InChI is InChI=1S/C25H21ClN6O4/c1-35-21-14(26)6-4-7-15(21)29-20-16-17-12(11-28-23(16)33)5-2-3-10-36-25-24(34)32-22-19(31-25)13(8-9-27-22)18(20)30-17/h2-4,6-9,12,29-30H,5,10-11H2,1H3,(H,28,33)(H,27,32,34)/b3-2-/t12-/m1/s1. The number of carbonyl (C=O) groups excluding carboxylic acids is 1. The van der Waals surface area contributed by atoms with Crippen LogP contribution in [-0.2, 0) is 0 Å². The molecule has 36 heavy (non-hydrogen) atoms. The van der Waals surface area contributed by atoms with E-state index in [9.17, 15) is 9.59 Å². The molecule has 1 amide bonds. The van der Waals surface area contributed by atoms with E-state index in [2.05, 4.69) is 30.6 Å². The quantitative estimate of drug-likeness (QED) is 0.311. The monoisotopic (exact) mass is 504 g/mol. The van der Waals surface area contributed by atoms with Crippen molar-refractivity contribution in [2.75, 3.05) is 25.6 Å². The molecule has 0 aliphatic carbocycles. The topological polar surface area (TPSA) is 134 Å². The molecule has 0 saturated heterocycles. The number of aromatic amines is 2. The minimum Gasteiger partial charge on any atom is -0.493 e. The molecular formula is C25H21ClN6O4. The summed E-state index contributed by atoms with van der Waals surface area (Å²) in [5, 5.41) is 6.82. The molecule has 0 unspecified atom stereocenters. The van der Waals surface area contributed by atoms with Crippen molar-refractivity contribution in [1.82, 2.24) is 25.3 Å². The van der Waals surface area contributed by atoms with Crippen LogP contribution < -0.4 is 25.7 Å². The molecule has 10 nitrogen and oxygen atoms in total. The first kappa shape index (κ1) is 22.2. The van der Waals surface area contributed by atoms with E-state index < -0.39 is 5.56 Å².